The van der Waals surface area contributed by atoms with Gasteiger partial charge in [0.15, 0.2) is 0 Å². The van der Waals surface area contributed by atoms with Crippen molar-refractivity contribution in [1.29, 1.82) is 0 Å². The Morgan fingerprint density at radius 3 is 2.29 bits per heavy atom. The van der Waals surface area contributed by atoms with Gasteiger partial charge in [0, 0.05) is 24.7 Å². The molecule has 2 unspecified atom stereocenters. The quantitative estimate of drug-likeness (QED) is 0.805. The molecule has 1 aliphatic rings. The third-order valence-electron chi connectivity index (χ3n) is 4.92. The summed E-state index contributed by atoms with van der Waals surface area (Å²) in [6.07, 6.45) is 1.07. The van der Waals surface area contributed by atoms with E-state index in [1.165, 1.54) is 5.56 Å². The highest BCUT2D eigenvalue weighted by atomic mass is 16.5. The minimum atomic E-state index is -0.259. The molecule has 2 atom stereocenters. The minimum Gasteiger partial charge on any atom is -0.457 e. The van der Waals surface area contributed by atoms with Gasteiger partial charge in [0.05, 0.1) is 6.04 Å². The lowest BCUT2D eigenvalue weighted by molar-refractivity contribution is -0.122. The zero-order chi connectivity index (χ0) is 20.1. The molecule has 2 amide bonds. The van der Waals surface area contributed by atoms with E-state index in [0.29, 0.717) is 25.1 Å². The molecule has 0 aromatic heterocycles. The molecule has 0 bridgehead atoms. The van der Waals surface area contributed by atoms with E-state index in [2.05, 4.69) is 10.6 Å². The number of anilines is 1. The number of hydrogen-bond acceptors (Lipinski definition) is 4. The third-order valence-corrected chi connectivity index (χ3v) is 4.92. The first-order valence-corrected chi connectivity index (χ1v) is 9.59. The maximum atomic E-state index is 12.6. The average molecular weight is 381 g/mol. The SMILES string of the molecule is CCC(=O)NC1CC(C(=O)Nc2ccc(Oc3ccc(C)cc3)cc2)N(C)C1. The highest BCUT2D eigenvalue weighted by molar-refractivity contribution is 5.95. The Hall–Kier alpha value is -2.86. The summed E-state index contributed by atoms with van der Waals surface area (Å²) in [5.74, 6) is 1.43. The van der Waals surface area contributed by atoms with Crippen LogP contribution in [-0.4, -0.2) is 42.4 Å². The second kappa shape index (κ2) is 8.89. The van der Waals surface area contributed by atoms with Gasteiger partial charge in [-0.1, -0.05) is 24.6 Å². The first-order chi connectivity index (χ1) is 13.4. The van der Waals surface area contributed by atoms with Crippen LogP contribution in [-0.2, 0) is 9.59 Å². The zero-order valence-corrected chi connectivity index (χ0v) is 16.6. The van der Waals surface area contributed by atoms with Crippen LogP contribution in [0.25, 0.3) is 0 Å². The Morgan fingerprint density at radius 1 is 1.07 bits per heavy atom. The number of rotatable bonds is 6. The van der Waals surface area contributed by atoms with Gasteiger partial charge in [0.1, 0.15) is 11.5 Å². The number of nitrogens with zero attached hydrogens (tertiary/aromatic N) is 1. The van der Waals surface area contributed by atoms with Crippen molar-refractivity contribution in [2.75, 3.05) is 18.9 Å². The number of carbonyl (C=O) groups is 2. The van der Waals surface area contributed by atoms with Crippen LogP contribution < -0.4 is 15.4 Å². The second-order valence-corrected chi connectivity index (χ2v) is 7.24. The van der Waals surface area contributed by atoms with E-state index < -0.39 is 0 Å². The predicted octanol–water partition coefficient (Wildman–Crippen LogP) is 3.32. The lowest BCUT2D eigenvalue weighted by atomic mass is 10.1. The van der Waals surface area contributed by atoms with E-state index in [1.54, 1.807) is 0 Å². The third kappa shape index (κ3) is 5.10. The summed E-state index contributed by atoms with van der Waals surface area (Å²) in [5.41, 5.74) is 1.90. The number of nitrogens with one attached hydrogen (secondary N) is 2. The number of likely N-dealkylation sites (N-methyl/N-ethyl adjacent to an activating group) is 1. The normalized spacial score (nSPS) is 19.2. The first-order valence-electron chi connectivity index (χ1n) is 9.59. The van der Waals surface area contributed by atoms with Gasteiger partial charge < -0.3 is 15.4 Å². The average Bonchev–Trinajstić information content (AvgIpc) is 3.05. The van der Waals surface area contributed by atoms with Gasteiger partial charge in [0.2, 0.25) is 11.8 Å². The maximum absolute atomic E-state index is 12.6. The number of amides is 2. The molecule has 0 spiro atoms. The minimum absolute atomic E-state index is 0.0125. The first kappa shape index (κ1) is 19.9. The molecule has 1 saturated heterocycles. The number of likely N-dealkylation sites (tertiary alicyclic amines) is 1. The summed E-state index contributed by atoms with van der Waals surface area (Å²) in [4.78, 5) is 26.2. The van der Waals surface area contributed by atoms with Crippen LogP contribution in [0.2, 0.25) is 0 Å². The van der Waals surface area contributed by atoms with Gasteiger partial charge in [-0.15, -0.1) is 0 Å². The molecular weight excluding hydrogens is 354 g/mol. The van der Waals surface area contributed by atoms with Crippen molar-refractivity contribution in [2.24, 2.45) is 0 Å². The van der Waals surface area contributed by atoms with Crippen molar-refractivity contribution in [2.45, 2.75) is 38.8 Å². The van der Waals surface area contributed by atoms with Crippen molar-refractivity contribution in [3.8, 4) is 11.5 Å². The Morgan fingerprint density at radius 2 is 1.68 bits per heavy atom. The Labute approximate surface area is 165 Å². The summed E-state index contributed by atoms with van der Waals surface area (Å²) in [7, 11) is 1.90. The van der Waals surface area contributed by atoms with Crippen LogP contribution in [0.1, 0.15) is 25.3 Å². The zero-order valence-electron chi connectivity index (χ0n) is 16.6. The molecule has 2 N–H and O–H groups in total. The lowest BCUT2D eigenvalue weighted by Crippen LogP contribution is -2.37. The molecule has 2 aromatic carbocycles. The van der Waals surface area contributed by atoms with Crippen LogP contribution >= 0.6 is 0 Å². The highest BCUT2D eigenvalue weighted by Crippen LogP contribution is 2.24. The fourth-order valence-corrected chi connectivity index (χ4v) is 3.31. The van der Waals surface area contributed by atoms with Crippen molar-refractivity contribution in [1.82, 2.24) is 10.2 Å². The summed E-state index contributed by atoms with van der Waals surface area (Å²) in [6.45, 7) is 4.53. The topological polar surface area (TPSA) is 70.7 Å². The van der Waals surface area contributed by atoms with Gasteiger partial charge in [0.25, 0.3) is 0 Å². The highest BCUT2D eigenvalue weighted by Gasteiger charge is 2.35. The molecule has 28 heavy (non-hydrogen) atoms. The fraction of sp³-hybridized carbons (Fsp3) is 0.364. The molecule has 1 heterocycles. The van der Waals surface area contributed by atoms with E-state index >= 15 is 0 Å². The summed E-state index contributed by atoms with van der Waals surface area (Å²) < 4.78 is 5.81. The van der Waals surface area contributed by atoms with Crippen LogP contribution in [0.5, 0.6) is 11.5 Å². The molecule has 0 saturated carbocycles. The van der Waals surface area contributed by atoms with E-state index in [9.17, 15) is 9.59 Å². The molecule has 1 fully saturated rings. The molecular formula is C22H27N3O3. The molecule has 6 nitrogen and oxygen atoms in total. The van der Waals surface area contributed by atoms with Crippen LogP contribution in [0.3, 0.4) is 0 Å². The largest absolute Gasteiger partial charge is 0.457 e. The van der Waals surface area contributed by atoms with Gasteiger partial charge in [-0.05, 0) is 56.8 Å². The number of carbonyl (C=O) groups excluding carboxylic acids is 2. The second-order valence-electron chi connectivity index (χ2n) is 7.24. The molecule has 0 radical (unpaired) electrons. The predicted molar refractivity (Wildman–Crippen MR) is 110 cm³/mol. The number of hydrogen-bond donors (Lipinski definition) is 2. The van der Waals surface area contributed by atoms with Crippen molar-refractivity contribution in [3.63, 3.8) is 0 Å². The van der Waals surface area contributed by atoms with Crippen LogP contribution in [0.15, 0.2) is 48.5 Å². The molecule has 1 aliphatic heterocycles. The molecule has 0 aliphatic carbocycles. The monoisotopic (exact) mass is 381 g/mol. The molecule has 148 valence electrons. The van der Waals surface area contributed by atoms with E-state index in [1.807, 2.05) is 74.3 Å². The van der Waals surface area contributed by atoms with E-state index in [-0.39, 0.29) is 23.9 Å². The summed E-state index contributed by atoms with van der Waals surface area (Å²) in [6, 6.07) is 14.9. The van der Waals surface area contributed by atoms with Crippen molar-refractivity contribution >= 4 is 17.5 Å². The summed E-state index contributed by atoms with van der Waals surface area (Å²) in [5, 5.41) is 5.92. The van der Waals surface area contributed by atoms with Gasteiger partial charge >= 0.3 is 0 Å². The Balaban J connectivity index is 1.55. The van der Waals surface area contributed by atoms with Gasteiger partial charge in [-0.3, -0.25) is 14.5 Å². The maximum Gasteiger partial charge on any atom is 0.241 e. The van der Waals surface area contributed by atoms with Crippen molar-refractivity contribution < 1.29 is 14.3 Å². The van der Waals surface area contributed by atoms with Crippen LogP contribution in [0, 0.1) is 6.92 Å². The van der Waals surface area contributed by atoms with E-state index in [4.69, 9.17) is 4.74 Å². The molecule has 3 rings (SSSR count). The van der Waals surface area contributed by atoms with Gasteiger partial charge in [-0.2, -0.15) is 0 Å². The lowest BCUT2D eigenvalue weighted by Gasteiger charge is -2.18. The van der Waals surface area contributed by atoms with Crippen LogP contribution in [0.4, 0.5) is 5.69 Å². The van der Waals surface area contributed by atoms with Crippen molar-refractivity contribution in [3.05, 3.63) is 54.1 Å². The molecule has 6 heteroatoms. The number of aryl methyl sites for hydroxylation is 1. The Kier molecular flexibility index (Phi) is 6.31. The number of ether oxygens (including phenoxy) is 1. The fourth-order valence-electron chi connectivity index (χ4n) is 3.31. The standard InChI is InChI=1S/C22H27N3O3/c1-4-21(26)23-17-13-20(25(3)14-17)22(27)24-16-7-11-19(12-8-16)28-18-9-5-15(2)6-10-18/h5-12,17,20H,4,13-14H2,1-3H3,(H,23,26)(H,24,27). The Bertz CT molecular complexity index is 818. The van der Waals surface area contributed by atoms with Gasteiger partial charge in [-0.25, -0.2) is 0 Å². The molecule has 2 aromatic rings. The van der Waals surface area contributed by atoms with E-state index in [0.717, 1.165) is 11.4 Å². The summed E-state index contributed by atoms with van der Waals surface area (Å²) >= 11 is 0. The smallest absolute Gasteiger partial charge is 0.241 e. The number of benzene rings is 2.